The van der Waals surface area contributed by atoms with Crippen molar-refractivity contribution in [2.75, 3.05) is 0 Å². The number of hydrogen-bond acceptors (Lipinski definition) is 1. The summed E-state index contributed by atoms with van der Waals surface area (Å²) in [6.45, 7) is 0. The number of rotatable bonds is 4. The smallest absolute Gasteiger partial charge is 0.320 e. The van der Waals surface area contributed by atoms with Gasteiger partial charge in [-0.3, -0.25) is 4.57 Å². The first kappa shape index (κ1) is 16.8. The minimum absolute atomic E-state index is 0.403. The lowest BCUT2D eigenvalue weighted by Crippen LogP contribution is -2.13. The van der Waals surface area contributed by atoms with Gasteiger partial charge in [-0.1, -0.05) is 54.1 Å². The Labute approximate surface area is 131 Å². The Morgan fingerprint density at radius 3 is 2.18 bits per heavy atom. The fourth-order valence-electron chi connectivity index (χ4n) is 1.76. The summed E-state index contributed by atoms with van der Waals surface area (Å²) in [5, 5.41) is 0.584. The van der Waals surface area contributed by atoms with Gasteiger partial charge in [0.1, 0.15) is 0 Å². The van der Waals surface area contributed by atoms with Gasteiger partial charge < -0.3 is 9.79 Å². The molecule has 0 radical (unpaired) electrons. The molecule has 0 saturated carbocycles. The normalized spacial score (nSPS) is 12.8. The molecule has 0 aromatic heterocycles. The van der Waals surface area contributed by atoms with Crippen molar-refractivity contribution >= 4 is 31.3 Å². The van der Waals surface area contributed by atoms with Gasteiger partial charge in [0, 0.05) is 10.6 Å². The van der Waals surface area contributed by atoms with Crippen LogP contribution in [0.2, 0.25) is 5.02 Å². The van der Waals surface area contributed by atoms with E-state index in [4.69, 9.17) is 21.4 Å². The van der Waals surface area contributed by atoms with Crippen molar-refractivity contribution in [1.29, 1.82) is 0 Å². The average Bonchev–Trinajstić information content (AvgIpc) is 2.46. The molecular weight excluding hydrogens is 333 g/mol. The van der Waals surface area contributed by atoms with Crippen molar-refractivity contribution < 1.29 is 23.1 Å². The SMILES string of the molecule is O=P(O)(O)C(F)(F)c1cccc(/C=C/c2ccc(Cl)cc2)c1. The van der Waals surface area contributed by atoms with E-state index < -0.39 is 18.8 Å². The van der Waals surface area contributed by atoms with Gasteiger partial charge in [0.2, 0.25) is 0 Å². The van der Waals surface area contributed by atoms with Crippen LogP contribution in [0.15, 0.2) is 48.5 Å². The molecule has 0 bridgehead atoms. The highest BCUT2D eigenvalue weighted by atomic mass is 35.5. The Morgan fingerprint density at radius 2 is 1.59 bits per heavy atom. The van der Waals surface area contributed by atoms with Gasteiger partial charge >= 0.3 is 13.3 Å². The van der Waals surface area contributed by atoms with E-state index in [1.807, 2.05) is 0 Å². The lowest BCUT2D eigenvalue weighted by Gasteiger charge is -2.18. The third-order valence-electron chi connectivity index (χ3n) is 2.94. The van der Waals surface area contributed by atoms with Gasteiger partial charge in [-0.2, -0.15) is 8.78 Å². The number of hydrogen-bond donors (Lipinski definition) is 2. The molecule has 0 aliphatic carbocycles. The van der Waals surface area contributed by atoms with Gasteiger partial charge in [0.05, 0.1) is 0 Å². The number of halogens is 3. The first-order valence-corrected chi connectivity index (χ1v) is 8.17. The summed E-state index contributed by atoms with van der Waals surface area (Å²) < 4.78 is 38.2. The molecule has 22 heavy (non-hydrogen) atoms. The molecule has 116 valence electrons. The second-order valence-electron chi connectivity index (χ2n) is 4.60. The molecule has 2 aromatic rings. The highest BCUT2D eigenvalue weighted by molar-refractivity contribution is 7.52. The maximum absolute atomic E-state index is 13.6. The third-order valence-corrected chi connectivity index (χ3v) is 4.18. The van der Waals surface area contributed by atoms with Crippen molar-refractivity contribution in [3.63, 3.8) is 0 Å². The van der Waals surface area contributed by atoms with Gasteiger partial charge in [-0.15, -0.1) is 0 Å². The molecule has 0 heterocycles. The predicted molar refractivity (Wildman–Crippen MR) is 82.8 cm³/mol. The summed E-state index contributed by atoms with van der Waals surface area (Å²) >= 11 is 5.76. The third kappa shape index (κ3) is 3.81. The second kappa shape index (κ2) is 6.31. The van der Waals surface area contributed by atoms with Crippen molar-refractivity contribution in [3.8, 4) is 0 Å². The molecule has 0 saturated heterocycles. The maximum Gasteiger partial charge on any atom is 0.399 e. The molecular formula is C15H12ClF2O3P. The fraction of sp³-hybridized carbons (Fsp3) is 0.0667. The molecule has 0 aliphatic heterocycles. The van der Waals surface area contributed by atoms with Crippen LogP contribution in [-0.2, 0) is 10.2 Å². The van der Waals surface area contributed by atoms with Gasteiger partial charge in [-0.25, -0.2) is 0 Å². The molecule has 3 nitrogen and oxygen atoms in total. The lowest BCUT2D eigenvalue weighted by atomic mass is 10.1. The average molecular weight is 345 g/mol. The van der Waals surface area contributed by atoms with E-state index >= 15 is 0 Å². The fourth-order valence-corrected chi connectivity index (χ4v) is 2.37. The minimum atomic E-state index is -5.57. The topological polar surface area (TPSA) is 57.5 Å². The number of benzene rings is 2. The Kier molecular flexibility index (Phi) is 4.83. The van der Waals surface area contributed by atoms with Crippen LogP contribution in [0.4, 0.5) is 8.78 Å². The Morgan fingerprint density at radius 1 is 1.00 bits per heavy atom. The molecule has 7 heteroatoms. The largest absolute Gasteiger partial charge is 0.399 e. The van der Waals surface area contributed by atoms with Crippen LogP contribution in [0.25, 0.3) is 12.2 Å². The van der Waals surface area contributed by atoms with Gasteiger partial charge in [0.25, 0.3) is 0 Å². The van der Waals surface area contributed by atoms with Crippen LogP contribution in [0, 0.1) is 0 Å². The number of alkyl halides is 2. The Bertz CT molecular complexity index is 739. The first-order valence-electron chi connectivity index (χ1n) is 6.18. The second-order valence-corrected chi connectivity index (χ2v) is 6.68. The van der Waals surface area contributed by atoms with Crippen molar-refractivity contribution in [2.24, 2.45) is 0 Å². The van der Waals surface area contributed by atoms with E-state index in [0.717, 1.165) is 17.7 Å². The van der Waals surface area contributed by atoms with E-state index in [9.17, 15) is 13.3 Å². The molecule has 0 fully saturated rings. The summed E-state index contributed by atoms with van der Waals surface area (Å²) in [7, 11) is -5.57. The van der Waals surface area contributed by atoms with Crippen LogP contribution in [0.1, 0.15) is 16.7 Å². The van der Waals surface area contributed by atoms with E-state index in [-0.39, 0.29) is 0 Å². The summed E-state index contributed by atoms with van der Waals surface area (Å²) in [5.74, 6) is 0. The lowest BCUT2D eigenvalue weighted by molar-refractivity contribution is 0.0564. The monoisotopic (exact) mass is 344 g/mol. The molecule has 0 amide bonds. The molecule has 2 N–H and O–H groups in total. The van der Waals surface area contributed by atoms with Crippen LogP contribution >= 0.6 is 19.2 Å². The van der Waals surface area contributed by atoms with E-state index in [2.05, 4.69) is 0 Å². The molecule has 0 aliphatic rings. The predicted octanol–water partition coefficient (Wildman–Crippen LogP) is 4.74. The van der Waals surface area contributed by atoms with Crippen molar-refractivity contribution in [1.82, 2.24) is 0 Å². The molecule has 0 spiro atoms. The summed E-state index contributed by atoms with van der Waals surface area (Å²) in [5.41, 5.74) is -3.71. The molecule has 2 aromatic carbocycles. The Balaban J connectivity index is 2.29. The van der Waals surface area contributed by atoms with Gasteiger partial charge in [0.15, 0.2) is 0 Å². The van der Waals surface area contributed by atoms with Crippen LogP contribution in [-0.4, -0.2) is 9.79 Å². The van der Waals surface area contributed by atoms with E-state index in [1.54, 1.807) is 42.5 Å². The standard InChI is InChI=1S/C15H12ClF2O3P/c16-14-8-6-11(7-9-14)4-5-12-2-1-3-13(10-12)15(17,18)22(19,20)21/h1-10H,(H2,19,20,21)/b5-4+. The highest BCUT2D eigenvalue weighted by Gasteiger charge is 2.50. The van der Waals surface area contributed by atoms with Crippen LogP contribution in [0.5, 0.6) is 0 Å². The molecule has 2 rings (SSSR count). The first-order chi connectivity index (χ1) is 10.2. The summed E-state index contributed by atoms with van der Waals surface area (Å²) in [6, 6.07) is 11.8. The van der Waals surface area contributed by atoms with E-state index in [0.29, 0.717) is 10.6 Å². The Hall–Kier alpha value is -1.52. The molecule has 0 unspecified atom stereocenters. The van der Waals surface area contributed by atoms with Gasteiger partial charge in [-0.05, 0) is 29.3 Å². The minimum Gasteiger partial charge on any atom is -0.320 e. The zero-order valence-corrected chi connectivity index (χ0v) is 12.8. The summed E-state index contributed by atoms with van der Waals surface area (Å²) in [6.07, 6.45) is 3.26. The molecule has 0 atom stereocenters. The maximum atomic E-state index is 13.6. The zero-order chi connectivity index (χ0) is 16.4. The van der Waals surface area contributed by atoms with Crippen LogP contribution in [0.3, 0.4) is 0 Å². The van der Waals surface area contributed by atoms with E-state index in [1.165, 1.54) is 6.07 Å². The quantitative estimate of drug-likeness (QED) is 0.622. The van der Waals surface area contributed by atoms with Crippen molar-refractivity contribution in [2.45, 2.75) is 5.66 Å². The highest BCUT2D eigenvalue weighted by Crippen LogP contribution is 2.59. The zero-order valence-electron chi connectivity index (χ0n) is 11.2. The summed E-state index contributed by atoms with van der Waals surface area (Å²) in [4.78, 5) is 17.5. The van der Waals surface area contributed by atoms with Crippen molar-refractivity contribution in [3.05, 3.63) is 70.2 Å². The van der Waals surface area contributed by atoms with Crippen LogP contribution < -0.4 is 0 Å².